The molecule has 5 heteroatoms. The first-order valence-corrected chi connectivity index (χ1v) is 11.1. The summed E-state index contributed by atoms with van der Waals surface area (Å²) in [5.74, 6) is 0.499. The summed E-state index contributed by atoms with van der Waals surface area (Å²) in [4.78, 5) is 12.8. The Labute approximate surface area is 198 Å². The Morgan fingerprint density at radius 3 is 2.48 bits per heavy atom. The van der Waals surface area contributed by atoms with Crippen LogP contribution < -0.4 is 10.1 Å². The van der Waals surface area contributed by atoms with Gasteiger partial charge in [0, 0.05) is 38.9 Å². The molecule has 0 saturated heterocycles. The summed E-state index contributed by atoms with van der Waals surface area (Å²) in [6.07, 6.45) is 3.35. The van der Waals surface area contributed by atoms with Gasteiger partial charge in [0.2, 0.25) is 5.91 Å². The third-order valence-electron chi connectivity index (χ3n) is 6.04. The standard InChI is InChI=1S/C28H26ClNO3/c1-16-7-6-8-25(18(16)3)30-26(31)13-17(2)22-14-23-24(20-9-11-21(29)12-10-20)15-33-28(23)19(4)27(22)32-5/h6-15H,1-5H3,(H,30,31)/b17-13+. The van der Waals surface area contributed by atoms with E-state index < -0.39 is 0 Å². The quantitative estimate of drug-likeness (QED) is 0.310. The van der Waals surface area contributed by atoms with E-state index >= 15 is 0 Å². The molecule has 33 heavy (non-hydrogen) atoms. The first-order chi connectivity index (χ1) is 15.8. The van der Waals surface area contributed by atoms with Crippen molar-refractivity contribution < 1.29 is 13.9 Å². The molecular formula is C28H26ClNO3. The second-order valence-corrected chi connectivity index (χ2v) is 8.62. The van der Waals surface area contributed by atoms with Crippen LogP contribution >= 0.6 is 11.6 Å². The molecule has 1 aromatic heterocycles. The number of hydrogen-bond donors (Lipinski definition) is 1. The van der Waals surface area contributed by atoms with Gasteiger partial charge in [0.25, 0.3) is 0 Å². The van der Waals surface area contributed by atoms with E-state index in [2.05, 4.69) is 5.32 Å². The van der Waals surface area contributed by atoms with Crippen molar-refractivity contribution in [1.29, 1.82) is 0 Å². The van der Waals surface area contributed by atoms with E-state index in [-0.39, 0.29) is 5.91 Å². The van der Waals surface area contributed by atoms with Gasteiger partial charge in [-0.05, 0) is 74.2 Å². The van der Waals surface area contributed by atoms with Gasteiger partial charge in [-0.25, -0.2) is 0 Å². The summed E-state index contributed by atoms with van der Waals surface area (Å²) in [5.41, 5.74) is 8.23. The number of benzene rings is 3. The normalized spacial score (nSPS) is 11.6. The number of anilines is 1. The average molecular weight is 460 g/mol. The number of allylic oxidation sites excluding steroid dienone is 1. The lowest BCUT2D eigenvalue weighted by Crippen LogP contribution is -2.10. The number of halogens is 1. The topological polar surface area (TPSA) is 51.5 Å². The van der Waals surface area contributed by atoms with E-state index in [0.29, 0.717) is 10.8 Å². The van der Waals surface area contributed by atoms with Crippen molar-refractivity contribution in [1.82, 2.24) is 0 Å². The molecule has 0 saturated carbocycles. The van der Waals surface area contributed by atoms with Crippen LogP contribution in [0.3, 0.4) is 0 Å². The van der Waals surface area contributed by atoms with Crippen LogP contribution in [-0.2, 0) is 4.79 Å². The molecule has 3 aromatic carbocycles. The second-order valence-electron chi connectivity index (χ2n) is 8.18. The van der Waals surface area contributed by atoms with Gasteiger partial charge in [-0.3, -0.25) is 4.79 Å². The molecule has 4 aromatic rings. The molecule has 0 spiro atoms. The first-order valence-electron chi connectivity index (χ1n) is 10.7. The summed E-state index contributed by atoms with van der Waals surface area (Å²) >= 11 is 6.06. The Balaban J connectivity index is 1.76. The van der Waals surface area contributed by atoms with Crippen LogP contribution in [0.25, 0.3) is 27.7 Å². The third-order valence-corrected chi connectivity index (χ3v) is 6.29. The second kappa shape index (κ2) is 9.16. The fourth-order valence-electron chi connectivity index (χ4n) is 4.05. The highest BCUT2D eigenvalue weighted by molar-refractivity contribution is 6.30. The Morgan fingerprint density at radius 1 is 1.06 bits per heavy atom. The maximum atomic E-state index is 12.8. The van der Waals surface area contributed by atoms with Gasteiger partial charge in [-0.2, -0.15) is 0 Å². The molecular weight excluding hydrogens is 434 g/mol. The number of ether oxygens (including phenoxy) is 1. The van der Waals surface area contributed by atoms with Gasteiger partial charge in [-0.1, -0.05) is 35.9 Å². The Kier molecular flexibility index (Phi) is 6.30. The molecule has 0 unspecified atom stereocenters. The van der Waals surface area contributed by atoms with Crippen LogP contribution in [-0.4, -0.2) is 13.0 Å². The smallest absolute Gasteiger partial charge is 0.248 e. The molecule has 0 radical (unpaired) electrons. The number of hydrogen-bond acceptors (Lipinski definition) is 3. The van der Waals surface area contributed by atoms with E-state index in [1.54, 1.807) is 19.4 Å². The molecule has 0 aliphatic heterocycles. The summed E-state index contributed by atoms with van der Waals surface area (Å²) in [6, 6.07) is 15.5. The van der Waals surface area contributed by atoms with E-state index in [1.807, 2.05) is 76.2 Å². The van der Waals surface area contributed by atoms with E-state index in [0.717, 1.165) is 55.6 Å². The van der Waals surface area contributed by atoms with Crippen molar-refractivity contribution in [2.24, 2.45) is 0 Å². The van der Waals surface area contributed by atoms with Crippen LogP contribution in [0.4, 0.5) is 5.69 Å². The Hall–Kier alpha value is -3.50. The molecule has 1 N–H and O–H groups in total. The van der Waals surface area contributed by atoms with Crippen molar-refractivity contribution in [2.75, 3.05) is 12.4 Å². The lowest BCUT2D eigenvalue weighted by Gasteiger charge is -2.14. The zero-order valence-electron chi connectivity index (χ0n) is 19.4. The highest BCUT2D eigenvalue weighted by Gasteiger charge is 2.19. The lowest BCUT2D eigenvalue weighted by molar-refractivity contribution is -0.111. The van der Waals surface area contributed by atoms with Crippen molar-refractivity contribution in [3.63, 3.8) is 0 Å². The van der Waals surface area contributed by atoms with Crippen molar-refractivity contribution in [2.45, 2.75) is 27.7 Å². The molecule has 0 aliphatic carbocycles. The van der Waals surface area contributed by atoms with Crippen molar-refractivity contribution in [3.8, 4) is 16.9 Å². The molecule has 0 aliphatic rings. The molecule has 1 amide bonds. The summed E-state index contributed by atoms with van der Waals surface area (Å²) in [7, 11) is 1.63. The predicted octanol–water partition coefficient (Wildman–Crippen LogP) is 7.73. The zero-order chi connectivity index (χ0) is 23.7. The van der Waals surface area contributed by atoms with Gasteiger partial charge >= 0.3 is 0 Å². The molecule has 4 rings (SSSR count). The van der Waals surface area contributed by atoms with E-state index in [1.165, 1.54) is 0 Å². The molecule has 0 fully saturated rings. The number of amides is 1. The highest BCUT2D eigenvalue weighted by Crippen LogP contribution is 2.40. The molecule has 0 bridgehead atoms. The summed E-state index contributed by atoms with van der Waals surface area (Å²) < 4.78 is 11.6. The lowest BCUT2D eigenvalue weighted by atomic mass is 9.96. The number of methoxy groups -OCH3 is 1. The van der Waals surface area contributed by atoms with E-state index in [4.69, 9.17) is 20.8 Å². The van der Waals surface area contributed by atoms with Crippen LogP contribution in [0.1, 0.15) is 29.2 Å². The van der Waals surface area contributed by atoms with Crippen LogP contribution in [0.15, 0.2) is 65.3 Å². The average Bonchev–Trinajstić information content (AvgIpc) is 3.21. The summed E-state index contributed by atoms with van der Waals surface area (Å²) in [5, 5.41) is 4.62. The number of fused-ring (bicyclic) bond motifs is 1. The van der Waals surface area contributed by atoms with Gasteiger partial charge in [-0.15, -0.1) is 0 Å². The molecule has 168 valence electrons. The fraction of sp³-hybridized carbons (Fsp3) is 0.179. The zero-order valence-corrected chi connectivity index (χ0v) is 20.1. The molecule has 4 nitrogen and oxygen atoms in total. The van der Waals surface area contributed by atoms with Crippen molar-refractivity contribution in [3.05, 3.63) is 88.1 Å². The number of furan rings is 1. The number of rotatable bonds is 5. The van der Waals surface area contributed by atoms with Gasteiger partial charge in [0.15, 0.2) is 0 Å². The number of carbonyl (C=O) groups is 1. The summed E-state index contributed by atoms with van der Waals surface area (Å²) in [6.45, 7) is 7.90. The number of nitrogens with one attached hydrogen (secondary N) is 1. The van der Waals surface area contributed by atoms with Gasteiger partial charge in [0.1, 0.15) is 11.3 Å². The number of aryl methyl sites for hydroxylation is 2. The Morgan fingerprint density at radius 2 is 1.79 bits per heavy atom. The maximum absolute atomic E-state index is 12.8. The molecule has 1 heterocycles. The first kappa shape index (κ1) is 22.7. The SMILES string of the molecule is COc1c(/C(C)=C/C(=O)Nc2cccc(C)c2C)cc2c(-c3ccc(Cl)cc3)coc2c1C. The fourth-order valence-corrected chi connectivity index (χ4v) is 4.18. The Bertz CT molecular complexity index is 1380. The minimum atomic E-state index is -0.189. The predicted molar refractivity (Wildman–Crippen MR) is 136 cm³/mol. The van der Waals surface area contributed by atoms with Crippen LogP contribution in [0, 0.1) is 20.8 Å². The monoisotopic (exact) mass is 459 g/mol. The molecule has 0 atom stereocenters. The third kappa shape index (κ3) is 4.39. The van der Waals surface area contributed by atoms with Crippen molar-refractivity contribution >= 4 is 39.7 Å². The largest absolute Gasteiger partial charge is 0.496 e. The van der Waals surface area contributed by atoms with Gasteiger partial charge in [0.05, 0.1) is 13.4 Å². The minimum absolute atomic E-state index is 0.189. The minimum Gasteiger partial charge on any atom is -0.496 e. The van der Waals surface area contributed by atoms with Crippen LogP contribution in [0.5, 0.6) is 5.75 Å². The maximum Gasteiger partial charge on any atom is 0.248 e. The highest BCUT2D eigenvalue weighted by atomic mass is 35.5. The van der Waals surface area contributed by atoms with Crippen LogP contribution in [0.2, 0.25) is 5.02 Å². The van der Waals surface area contributed by atoms with Gasteiger partial charge < -0.3 is 14.5 Å². The van der Waals surface area contributed by atoms with E-state index in [9.17, 15) is 4.79 Å². The number of carbonyl (C=O) groups excluding carboxylic acids is 1.